The van der Waals surface area contributed by atoms with Crippen molar-refractivity contribution in [2.75, 3.05) is 24.5 Å². The van der Waals surface area contributed by atoms with E-state index < -0.39 is 22.1 Å². The van der Waals surface area contributed by atoms with Gasteiger partial charge in [-0.2, -0.15) is 4.31 Å². The van der Waals surface area contributed by atoms with E-state index in [1.165, 1.54) is 4.31 Å². The van der Waals surface area contributed by atoms with E-state index >= 15 is 0 Å². The van der Waals surface area contributed by atoms with E-state index in [1.807, 2.05) is 38.1 Å². The number of anilines is 1. The van der Waals surface area contributed by atoms with E-state index in [0.717, 1.165) is 35.5 Å². The van der Waals surface area contributed by atoms with Gasteiger partial charge in [-0.05, 0) is 50.2 Å². The topological polar surface area (TPSA) is 49.9 Å². The second kappa shape index (κ2) is 7.63. The molecule has 1 heterocycles. The molecule has 1 unspecified atom stereocenters. The number of sulfonamides is 1. The number of benzene rings is 2. The van der Waals surface area contributed by atoms with Crippen LogP contribution in [0.2, 0.25) is 0 Å². The standard InChI is InChI=1S/C19H21F3N2O3S/c1-14-3-5-16(6-4-14)24-12-11-23(13-15(24)2)28(25,26)18-9-7-17(8-10-18)27-19(20,21)22/h3-10,15H,11-13H2,1-2H3. The molecule has 1 aliphatic rings. The van der Waals surface area contributed by atoms with Gasteiger partial charge < -0.3 is 9.64 Å². The minimum Gasteiger partial charge on any atom is -0.406 e. The van der Waals surface area contributed by atoms with Gasteiger partial charge in [0.1, 0.15) is 5.75 Å². The zero-order chi connectivity index (χ0) is 20.5. The molecule has 0 aliphatic carbocycles. The summed E-state index contributed by atoms with van der Waals surface area (Å²) in [5, 5.41) is 0. The molecule has 3 rings (SSSR count). The maximum Gasteiger partial charge on any atom is 0.573 e. The molecule has 0 bridgehead atoms. The molecule has 1 aliphatic heterocycles. The average molecular weight is 414 g/mol. The Morgan fingerprint density at radius 1 is 1.00 bits per heavy atom. The molecule has 152 valence electrons. The van der Waals surface area contributed by atoms with Gasteiger partial charge in [-0.3, -0.25) is 0 Å². The normalized spacial score (nSPS) is 18.9. The third-order valence-corrected chi connectivity index (χ3v) is 6.53. The summed E-state index contributed by atoms with van der Waals surface area (Å²) < 4.78 is 67.6. The van der Waals surface area contributed by atoms with Crippen molar-refractivity contribution in [2.45, 2.75) is 31.1 Å². The Balaban J connectivity index is 1.72. The van der Waals surface area contributed by atoms with Gasteiger partial charge >= 0.3 is 6.36 Å². The fourth-order valence-electron chi connectivity index (χ4n) is 3.22. The molecular weight excluding hydrogens is 393 g/mol. The molecule has 0 amide bonds. The minimum atomic E-state index is -4.82. The second-order valence-electron chi connectivity index (χ2n) is 6.76. The first-order valence-electron chi connectivity index (χ1n) is 8.75. The van der Waals surface area contributed by atoms with Crippen molar-refractivity contribution in [3.8, 4) is 5.75 Å². The lowest BCUT2D eigenvalue weighted by molar-refractivity contribution is -0.274. The number of ether oxygens (including phenoxy) is 1. The van der Waals surface area contributed by atoms with E-state index in [9.17, 15) is 21.6 Å². The summed E-state index contributed by atoms with van der Waals surface area (Å²) in [4.78, 5) is 2.09. The molecular formula is C19H21F3N2O3S. The minimum absolute atomic E-state index is 0.0425. The average Bonchev–Trinajstić information content (AvgIpc) is 2.61. The predicted octanol–water partition coefficient (Wildman–Crippen LogP) is 3.79. The Morgan fingerprint density at radius 3 is 2.14 bits per heavy atom. The summed E-state index contributed by atoms with van der Waals surface area (Å²) in [7, 11) is -3.80. The van der Waals surface area contributed by atoms with Gasteiger partial charge in [0.15, 0.2) is 0 Å². The highest BCUT2D eigenvalue weighted by molar-refractivity contribution is 7.89. The van der Waals surface area contributed by atoms with E-state index in [1.54, 1.807) is 0 Å². The van der Waals surface area contributed by atoms with Gasteiger partial charge in [-0.15, -0.1) is 13.2 Å². The van der Waals surface area contributed by atoms with Crippen LogP contribution in [-0.4, -0.2) is 44.8 Å². The highest BCUT2D eigenvalue weighted by Gasteiger charge is 2.33. The Labute approximate surface area is 162 Å². The highest BCUT2D eigenvalue weighted by Crippen LogP contribution is 2.27. The van der Waals surface area contributed by atoms with E-state index in [2.05, 4.69) is 9.64 Å². The van der Waals surface area contributed by atoms with Crippen LogP contribution in [-0.2, 0) is 10.0 Å². The third-order valence-electron chi connectivity index (χ3n) is 4.65. The summed E-state index contributed by atoms with van der Waals surface area (Å²) in [6, 6.07) is 12.3. The fourth-order valence-corrected chi connectivity index (χ4v) is 4.74. The smallest absolute Gasteiger partial charge is 0.406 e. The lowest BCUT2D eigenvalue weighted by atomic mass is 10.1. The van der Waals surface area contributed by atoms with Crippen LogP contribution in [0.1, 0.15) is 12.5 Å². The molecule has 1 saturated heterocycles. The van der Waals surface area contributed by atoms with Gasteiger partial charge in [-0.25, -0.2) is 8.42 Å². The molecule has 0 spiro atoms. The van der Waals surface area contributed by atoms with E-state index in [0.29, 0.717) is 13.1 Å². The number of aryl methyl sites for hydroxylation is 1. The van der Waals surface area contributed by atoms with Crippen LogP contribution in [0.15, 0.2) is 53.4 Å². The first-order valence-corrected chi connectivity index (χ1v) is 10.2. The Bertz CT molecular complexity index is 913. The predicted molar refractivity (Wildman–Crippen MR) is 99.9 cm³/mol. The summed E-state index contributed by atoms with van der Waals surface area (Å²) in [6.07, 6.45) is -4.82. The Morgan fingerprint density at radius 2 is 1.61 bits per heavy atom. The van der Waals surface area contributed by atoms with Crippen molar-refractivity contribution in [3.05, 3.63) is 54.1 Å². The van der Waals surface area contributed by atoms with Crippen LogP contribution in [0.4, 0.5) is 18.9 Å². The first kappa shape index (κ1) is 20.5. The zero-order valence-electron chi connectivity index (χ0n) is 15.5. The van der Waals surface area contributed by atoms with Crippen LogP contribution in [0.25, 0.3) is 0 Å². The summed E-state index contributed by atoms with van der Waals surface area (Å²) in [6.45, 7) is 5.06. The molecule has 9 heteroatoms. The van der Waals surface area contributed by atoms with Crippen LogP contribution in [0.5, 0.6) is 5.75 Å². The molecule has 2 aromatic carbocycles. The summed E-state index contributed by atoms with van der Waals surface area (Å²) in [5.41, 5.74) is 2.18. The molecule has 1 atom stereocenters. The van der Waals surface area contributed by atoms with Crippen molar-refractivity contribution >= 4 is 15.7 Å². The third kappa shape index (κ3) is 4.59. The molecule has 2 aromatic rings. The van der Waals surface area contributed by atoms with Crippen LogP contribution in [0.3, 0.4) is 0 Å². The van der Waals surface area contributed by atoms with Crippen LogP contribution < -0.4 is 9.64 Å². The van der Waals surface area contributed by atoms with Gasteiger partial charge in [0.2, 0.25) is 10.0 Å². The van der Waals surface area contributed by atoms with Gasteiger partial charge in [0, 0.05) is 31.4 Å². The van der Waals surface area contributed by atoms with Gasteiger partial charge in [-0.1, -0.05) is 17.7 Å². The van der Waals surface area contributed by atoms with Crippen LogP contribution in [0, 0.1) is 6.92 Å². The zero-order valence-corrected chi connectivity index (χ0v) is 16.3. The number of halogens is 3. The quantitative estimate of drug-likeness (QED) is 0.764. The summed E-state index contributed by atoms with van der Waals surface area (Å²) >= 11 is 0. The maximum atomic E-state index is 12.9. The molecule has 0 radical (unpaired) electrons. The molecule has 0 saturated carbocycles. The lowest BCUT2D eigenvalue weighted by Gasteiger charge is -2.40. The maximum absolute atomic E-state index is 12.9. The number of piperazine rings is 1. The Kier molecular flexibility index (Phi) is 5.58. The van der Waals surface area contributed by atoms with Crippen LogP contribution >= 0.6 is 0 Å². The molecule has 28 heavy (non-hydrogen) atoms. The number of alkyl halides is 3. The largest absolute Gasteiger partial charge is 0.573 e. The van der Waals surface area contributed by atoms with Gasteiger partial charge in [0.25, 0.3) is 0 Å². The Hall–Kier alpha value is -2.26. The number of hydrogen-bond acceptors (Lipinski definition) is 4. The van der Waals surface area contributed by atoms with E-state index in [-0.39, 0.29) is 17.5 Å². The molecule has 5 nitrogen and oxygen atoms in total. The molecule has 0 aromatic heterocycles. The number of nitrogens with zero attached hydrogens (tertiary/aromatic N) is 2. The first-order chi connectivity index (χ1) is 13.1. The SMILES string of the molecule is Cc1ccc(N2CCN(S(=O)(=O)c3ccc(OC(F)(F)F)cc3)CC2C)cc1. The van der Waals surface area contributed by atoms with E-state index in [4.69, 9.17) is 0 Å². The fraction of sp³-hybridized carbons (Fsp3) is 0.368. The molecule has 0 N–H and O–H groups in total. The summed E-state index contributed by atoms with van der Waals surface area (Å²) in [5.74, 6) is -0.455. The number of hydrogen-bond donors (Lipinski definition) is 0. The van der Waals surface area contributed by atoms with Gasteiger partial charge in [0.05, 0.1) is 4.90 Å². The monoisotopic (exact) mass is 414 g/mol. The van der Waals surface area contributed by atoms with Crippen molar-refractivity contribution in [2.24, 2.45) is 0 Å². The highest BCUT2D eigenvalue weighted by atomic mass is 32.2. The second-order valence-corrected chi connectivity index (χ2v) is 8.70. The lowest BCUT2D eigenvalue weighted by Crippen LogP contribution is -2.53. The van der Waals surface area contributed by atoms with Crippen molar-refractivity contribution in [3.63, 3.8) is 0 Å². The van der Waals surface area contributed by atoms with Crippen molar-refractivity contribution < 1.29 is 26.3 Å². The van der Waals surface area contributed by atoms with Crippen molar-refractivity contribution in [1.29, 1.82) is 0 Å². The number of rotatable bonds is 4. The molecule has 1 fully saturated rings. The van der Waals surface area contributed by atoms with Crippen molar-refractivity contribution in [1.82, 2.24) is 4.31 Å².